The Hall–Kier alpha value is -3.33. The minimum Gasteiger partial charge on any atom is -0.486 e. The Bertz CT molecular complexity index is 820. The summed E-state index contributed by atoms with van der Waals surface area (Å²) in [5.74, 6) is -2.08. The zero-order chi connectivity index (χ0) is 23.3. The second-order valence-electron chi connectivity index (χ2n) is 6.33. The van der Waals surface area contributed by atoms with Crippen molar-refractivity contribution in [3.05, 3.63) is 77.9 Å². The van der Waals surface area contributed by atoms with Crippen LogP contribution < -0.4 is 10.5 Å². The third kappa shape index (κ3) is 10.9. The van der Waals surface area contributed by atoms with Crippen molar-refractivity contribution in [1.29, 1.82) is 0 Å². The fourth-order valence-corrected chi connectivity index (χ4v) is 2.46. The van der Waals surface area contributed by atoms with E-state index in [1.54, 1.807) is 0 Å². The van der Waals surface area contributed by atoms with E-state index >= 15 is 0 Å². The van der Waals surface area contributed by atoms with Crippen molar-refractivity contribution in [3.8, 4) is 5.75 Å². The number of carboxylic acid groups (broad SMARTS) is 2. The lowest BCUT2D eigenvalue weighted by atomic mass is 10.0. The molecule has 0 bridgehead atoms. The molecule has 4 N–H and O–H groups in total. The molecule has 2 rings (SSSR count). The molecule has 0 saturated heterocycles. The number of aliphatic carboxylic acids is 2. The van der Waals surface area contributed by atoms with Crippen LogP contribution in [0, 0.1) is 0 Å². The van der Waals surface area contributed by atoms with E-state index < -0.39 is 23.7 Å². The molecule has 1 atom stereocenters. The van der Waals surface area contributed by atoms with E-state index in [2.05, 4.69) is 0 Å². The summed E-state index contributed by atoms with van der Waals surface area (Å²) in [5.41, 5.74) is 5.84. The number of carbonyl (C=O) groups is 2. The number of rotatable bonds is 9. The topological polar surface area (TPSA) is 110 Å². The molecule has 0 aliphatic rings. The number of nitrogens with two attached hydrogens (primary N) is 1. The number of halogens is 3. The van der Waals surface area contributed by atoms with Gasteiger partial charge in [0.05, 0.1) is 5.56 Å². The fourth-order valence-electron chi connectivity index (χ4n) is 2.46. The SMILES string of the molecule is NCCCC[C@H](Oc1ccc(C(F)(F)F)cc1)c1ccccc1.O=C(O)C=CC(=O)O. The molecule has 168 valence electrons. The Labute approximate surface area is 177 Å². The summed E-state index contributed by atoms with van der Waals surface area (Å²) in [6.07, 6.45) is -0.860. The summed E-state index contributed by atoms with van der Waals surface area (Å²) < 4.78 is 43.7. The smallest absolute Gasteiger partial charge is 0.416 e. The van der Waals surface area contributed by atoms with E-state index in [1.165, 1.54) is 12.1 Å². The number of ether oxygens (including phenoxy) is 1. The third-order valence-electron chi connectivity index (χ3n) is 3.92. The zero-order valence-corrected chi connectivity index (χ0v) is 16.6. The first-order chi connectivity index (χ1) is 14.6. The highest BCUT2D eigenvalue weighted by Crippen LogP contribution is 2.32. The van der Waals surface area contributed by atoms with Crippen LogP contribution in [0.4, 0.5) is 13.2 Å². The Morgan fingerprint density at radius 3 is 1.94 bits per heavy atom. The molecule has 2 aromatic carbocycles. The summed E-state index contributed by atoms with van der Waals surface area (Å²) in [5, 5.41) is 15.6. The van der Waals surface area contributed by atoms with Crippen LogP contribution in [0.15, 0.2) is 66.7 Å². The first-order valence-corrected chi connectivity index (χ1v) is 9.36. The first kappa shape index (κ1) is 25.7. The Morgan fingerprint density at radius 1 is 0.935 bits per heavy atom. The second-order valence-corrected chi connectivity index (χ2v) is 6.33. The molecule has 31 heavy (non-hydrogen) atoms. The van der Waals surface area contributed by atoms with Crippen molar-refractivity contribution in [2.24, 2.45) is 5.73 Å². The minimum absolute atomic E-state index is 0.195. The minimum atomic E-state index is -4.33. The van der Waals surface area contributed by atoms with Crippen molar-refractivity contribution < 1.29 is 37.7 Å². The van der Waals surface area contributed by atoms with Crippen LogP contribution in [0.3, 0.4) is 0 Å². The van der Waals surface area contributed by atoms with Crippen LogP contribution in [-0.4, -0.2) is 28.7 Å². The maximum Gasteiger partial charge on any atom is 0.416 e. The van der Waals surface area contributed by atoms with E-state index in [0.29, 0.717) is 24.4 Å². The van der Waals surface area contributed by atoms with Gasteiger partial charge >= 0.3 is 18.1 Å². The van der Waals surface area contributed by atoms with Gasteiger partial charge in [0.25, 0.3) is 0 Å². The lowest BCUT2D eigenvalue weighted by Crippen LogP contribution is -2.09. The van der Waals surface area contributed by atoms with Gasteiger partial charge in [-0.15, -0.1) is 0 Å². The fraction of sp³-hybridized carbons (Fsp3) is 0.273. The molecule has 0 fully saturated rings. The average molecular weight is 439 g/mol. The van der Waals surface area contributed by atoms with E-state index in [9.17, 15) is 22.8 Å². The molecule has 9 heteroatoms. The van der Waals surface area contributed by atoms with Crippen LogP contribution >= 0.6 is 0 Å². The van der Waals surface area contributed by atoms with Gasteiger partial charge in [-0.3, -0.25) is 0 Å². The lowest BCUT2D eigenvalue weighted by Gasteiger charge is -2.20. The van der Waals surface area contributed by atoms with E-state index in [4.69, 9.17) is 20.7 Å². The molecule has 0 aliphatic heterocycles. The molecular weight excluding hydrogens is 415 g/mol. The molecule has 0 aliphatic carbocycles. The highest BCUT2D eigenvalue weighted by molar-refractivity contribution is 5.89. The number of hydrogen-bond donors (Lipinski definition) is 3. The van der Waals surface area contributed by atoms with Crippen LogP contribution in [0.1, 0.15) is 36.5 Å². The molecule has 0 aromatic heterocycles. The van der Waals surface area contributed by atoms with Gasteiger partial charge in [-0.25, -0.2) is 9.59 Å². The zero-order valence-electron chi connectivity index (χ0n) is 16.6. The molecule has 6 nitrogen and oxygen atoms in total. The van der Waals surface area contributed by atoms with Crippen molar-refractivity contribution in [2.45, 2.75) is 31.5 Å². The third-order valence-corrected chi connectivity index (χ3v) is 3.92. The number of unbranched alkanes of at least 4 members (excludes halogenated alkanes) is 1. The van der Waals surface area contributed by atoms with Gasteiger partial charge in [0.15, 0.2) is 0 Å². The largest absolute Gasteiger partial charge is 0.486 e. The van der Waals surface area contributed by atoms with Crippen LogP contribution in [0.5, 0.6) is 5.75 Å². The second kappa shape index (κ2) is 13.1. The van der Waals surface area contributed by atoms with Crippen LogP contribution in [0.2, 0.25) is 0 Å². The van der Waals surface area contributed by atoms with Crippen molar-refractivity contribution >= 4 is 11.9 Å². The van der Waals surface area contributed by atoms with Crippen molar-refractivity contribution in [1.82, 2.24) is 0 Å². The lowest BCUT2D eigenvalue weighted by molar-refractivity contribution is -0.137. The Kier molecular flexibility index (Phi) is 10.8. The molecule has 0 amide bonds. The van der Waals surface area contributed by atoms with E-state index in [0.717, 1.165) is 37.0 Å². The van der Waals surface area contributed by atoms with E-state index in [1.807, 2.05) is 30.3 Å². The summed E-state index contributed by atoms with van der Waals surface area (Å²) in [4.78, 5) is 19.1. The van der Waals surface area contributed by atoms with Gasteiger partial charge in [0.1, 0.15) is 11.9 Å². The monoisotopic (exact) mass is 439 g/mol. The molecule has 0 unspecified atom stereocenters. The van der Waals surface area contributed by atoms with Crippen molar-refractivity contribution in [2.75, 3.05) is 6.54 Å². The summed E-state index contributed by atoms with van der Waals surface area (Å²) >= 11 is 0. The van der Waals surface area contributed by atoms with Crippen LogP contribution in [0.25, 0.3) is 0 Å². The van der Waals surface area contributed by atoms with Gasteiger partial charge in [-0.2, -0.15) is 13.2 Å². The summed E-state index contributed by atoms with van der Waals surface area (Å²) in [6, 6.07) is 14.5. The predicted octanol–water partition coefficient (Wildman–Crippen LogP) is 4.67. The van der Waals surface area contributed by atoms with Gasteiger partial charge in [0, 0.05) is 12.2 Å². The normalized spacial score (nSPS) is 12.0. The Morgan fingerprint density at radius 2 is 1.48 bits per heavy atom. The quantitative estimate of drug-likeness (QED) is 0.387. The maximum absolute atomic E-state index is 12.6. The van der Waals surface area contributed by atoms with Gasteiger partial charge in [-0.05, 0) is 55.6 Å². The molecule has 0 radical (unpaired) electrons. The molecular formula is C22H24F3NO5. The standard InChI is InChI=1S/C18H20F3NO.C4H4O4/c19-18(20,21)15-9-11-16(12-10-15)23-17(8-4-5-13-22)14-6-2-1-3-7-14;5-3(6)1-2-4(7)8/h1-3,6-7,9-12,17H,4-5,8,13,22H2;1-2H,(H,5,6)(H,7,8)/t17-;/m0./s1. The van der Waals surface area contributed by atoms with E-state index in [-0.39, 0.29) is 6.10 Å². The van der Waals surface area contributed by atoms with Gasteiger partial charge in [0.2, 0.25) is 0 Å². The maximum atomic E-state index is 12.6. The molecule has 0 spiro atoms. The van der Waals surface area contributed by atoms with Crippen LogP contribution in [-0.2, 0) is 15.8 Å². The number of carboxylic acids is 2. The number of alkyl halides is 3. The molecule has 0 heterocycles. The highest BCUT2D eigenvalue weighted by Gasteiger charge is 2.30. The van der Waals surface area contributed by atoms with Gasteiger partial charge in [-0.1, -0.05) is 30.3 Å². The molecule has 0 saturated carbocycles. The number of hydrogen-bond acceptors (Lipinski definition) is 4. The molecule has 2 aromatic rings. The predicted molar refractivity (Wildman–Crippen MR) is 109 cm³/mol. The highest BCUT2D eigenvalue weighted by atomic mass is 19.4. The van der Waals surface area contributed by atoms with Crippen molar-refractivity contribution in [3.63, 3.8) is 0 Å². The average Bonchev–Trinajstić information content (AvgIpc) is 2.72. The van der Waals surface area contributed by atoms with Gasteiger partial charge < -0.3 is 20.7 Å². The summed E-state index contributed by atoms with van der Waals surface area (Å²) in [6.45, 7) is 0.613. The Balaban J connectivity index is 0.000000512. The summed E-state index contributed by atoms with van der Waals surface area (Å²) in [7, 11) is 0. The number of benzene rings is 2. The first-order valence-electron chi connectivity index (χ1n) is 9.36.